The van der Waals surface area contributed by atoms with Crippen molar-refractivity contribution >= 4 is 22.4 Å². The fourth-order valence-electron chi connectivity index (χ4n) is 1.94. The third-order valence-electron chi connectivity index (χ3n) is 3.05. The van der Waals surface area contributed by atoms with Crippen LogP contribution in [0.1, 0.15) is 11.3 Å². The molecule has 3 aromatic rings. The Bertz CT molecular complexity index is 797. The second-order valence-corrected chi connectivity index (χ2v) is 4.51. The van der Waals surface area contributed by atoms with Gasteiger partial charge in [-0.15, -0.1) is 0 Å². The highest BCUT2D eigenvalue weighted by Crippen LogP contribution is 2.28. The summed E-state index contributed by atoms with van der Waals surface area (Å²) in [4.78, 5) is 14.6. The molecule has 2 aromatic heterocycles. The summed E-state index contributed by atoms with van der Waals surface area (Å²) >= 11 is 0. The van der Waals surface area contributed by atoms with Crippen LogP contribution in [0.25, 0.3) is 11.0 Å². The zero-order chi connectivity index (χ0) is 14.8. The summed E-state index contributed by atoms with van der Waals surface area (Å²) in [6, 6.07) is 6.84. The maximum Gasteiger partial charge on any atom is 0.300 e. The van der Waals surface area contributed by atoms with Crippen LogP contribution in [0.5, 0.6) is 0 Å². The number of non-ortho nitro benzene ring substituents is 1. The first-order valence-electron chi connectivity index (χ1n) is 6.20. The van der Waals surface area contributed by atoms with Crippen LogP contribution < -0.4 is 5.32 Å². The van der Waals surface area contributed by atoms with E-state index in [1.165, 1.54) is 6.07 Å². The van der Waals surface area contributed by atoms with Gasteiger partial charge in [-0.3, -0.25) is 15.1 Å². The molecule has 3 rings (SSSR count). The van der Waals surface area contributed by atoms with Crippen LogP contribution >= 0.6 is 0 Å². The van der Waals surface area contributed by atoms with E-state index in [0.29, 0.717) is 17.7 Å². The lowest BCUT2D eigenvalue weighted by Crippen LogP contribution is -2.01. The highest BCUT2D eigenvalue weighted by Gasteiger charge is 2.19. The molecular formula is C13H11N5O3. The van der Waals surface area contributed by atoms with E-state index in [-0.39, 0.29) is 11.2 Å². The van der Waals surface area contributed by atoms with Crippen LogP contribution in [0.4, 0.5) is 11.4 Å². The smallest absolute Gasteiger partial charge is 0.300 e. The van der Waals surface area contributed by atoms with Crippen molar-refractivity contribution in [2.45, 2.75) is 13.5 Å². The van der Waals surface area contributed by atoms with Gasteiger partial charge in [-0.1, -0.05) is 6.07 Å². The number of pyridine rings is 1. The Morgan fingerprint density at radius 1 is 1.24 bits per heavy atom. The van der Waals surface area contributed by atoms with Crippen molar-refractivity contribution in [3.63, 3.8) is 0 Å². The number of benzene rings is 1. The topological polar surface area (TPSA) is 107 Å². The SMILES string of the molecule is Cc1ccc(CNc2ccc([N+](=O)[O-])c3nonc23)cn1. The number of aryl methyl sites for hydroxylation is 1. The molecule has 0 spiro atoms. The van der Waals surface area contributed by atoms with E-state index < -0.39 is 4.92 Å². The molecule has 0 bridgehead atoms. The summed E-state index contributed by atoms with van der Waals surface area (Å²) in [7, 11) is 0. The Balaban J connectivity index is 1.88. The molecule has 0 aliphatic heterocycles. The molecule has 1 N–H and O–H groups in total. The molecular weight excluding hydrogens is 274 g/mol. The minimum atomic E-state index is -0.514. The molecule has 0 saturated carbocycles. The molecule has 0 unspecified atom stereocenters. The molecule has 8 nitrogen and oxygen atoms in total. The first kappa shape index (κ1) is 13.0. The quantitative estimate of drug-likeness (QED) is 0.579. The number of nitrogens with one attached hydrogen (secondary N) is 1. The van der Waals surface area contributed by atoms with Gasteiger partial charge < -0.3 is 5.32 Å². The first-order chi connectivity index (χ1) is 10.1. The minimum absolute atomic E-state index is 0.131. The maximum atomic E-state index is 10.9. The number of fused-ring (bicyclic) bond motifs is 1. The van der Waals surface area contributed by atoms with Crippen LogP contribution in [0, 0.1) is 17.0 Å². The molecule has 0 fully saturated rings. The molecule has 0 amide bonds. The average Bonchev–Trinajstić information content (AvgIpc) is 2.95. The Labute approximate surface area is 118 Å². The van der Waals surface area contributed by atoms with E-state index in [9.17, 15) is 10.1 Å². The fraction of sp³-hybridized carbons (Fsp3) is 0.154. The lowest BCUT2D eigenvalue weighted by atomic mass is 10.2. The van der Waals surface area contributed by atoms with Gasteiger partial charge in [0.15, 0.2) is 5.52 Å². The average molecular weight is 285 g/mol. The van der Waals surface area contributed by atoms with Gasteiger partial charge in [0.2, 0.25) is 5.52 Å². The van der Waals surface area contributed by atoms with Gasteiger partial charge in [0.05, 0.1) is 10.6 Å². The molecule has 21 heavy (non-hydrogen) atoms. The fourth-order valence-corrected chi connectivity index (χ4v) is 1.94. The van der Waals surface area contributed by atoms with Crippen molar-refractivity contribution in [2.75, 3.05) is 5.32 Å². The maximum absolute atomic E-state index is 10.9. The molecule has 0 atom stereocenters. The highest BCUT2D eigenvalue weighted by molar-refractivity contribution is 5.93. The van der Waals surface area contributed by atoms with Crippen LogP contribution in [0.15, 0.2) is 35.1 Å². The van der Waals surface area contributed by atoms with Gasteiger partial charge in [-0.2, -0.15) is 0 Å². The number of nitrogens with zero attached hydrogens (tertiary/aromatic N) is 4. The normalized spacial score (nSPS) is 10.7. The van der Waals surface area contributed by atoms with Gasteiger partial charge in [0, 0.05) is 24.5 Å². The summed E-state index contributed by atoms with van der Waals surface area (Å²) in [6.07, 6.45) is 1.77. The summed E-state index contributed by atoms with van der Waals surface area (Å²) in [5.74, 6) is 0. The standard InChI is InChI=1S/C13H11N5O3/c1-8-2-3-9(6-14-8)7-15-10-4-5-11(18(19)20)13-12(10)16-21-17-13/h2-6,15H,7H2,1H3. The third-order valence-corrected chi connectivity index (χ3v) is 3.05. The number of nitro groups is 1. The Kier molecular flexibility index (Phi) is 3.19. The van der Waals surface area contributed by atoms with Crippen molar-refractivity contribution in [3.8, 4) is 0 Å². The van der Waals surface area contributed by atoms with Crippen molar-refractivity contribution in [1.29, 1.82) is 0 Å². The largest absolute Gasteiger partial charge is 0.379 e. The molecule has 2 heterocycles. The number of aromatic nitrogens is 3. The van der Waals surface area contributed by atoms with Crippen molar-refractivity contribution < 1.29 is 9.55 Å². The molecule has 0 saturated heterocycles. The molecule has 0 aliphatic rings. The monoisotopic (exact) mass is 285 g/mol. The van der Waals surface area contributed by atoms with E-state index in [1.54, 1.807) is 12.3 Å². The zero-order valence-electron chi connectivity index (χ0n) is 11.1. The summed E-state index contributed by atoms with van der Waals surface area (Å²) in [6.45, 7) is 2.44. The lowest BCUT2D eigenvalue weighted by molar-refractivity contribution is -0.383. The van der Waals surface area contributed by atoms with Crippen molar-refractivity contribution in [1.82, 2.24) is 15.3 Å². The second kappa shape index (κ2) is 5.16. The van der Waals surface area contributed by atoms with Crippen molar-refractivity contribution in [2.24, 2.45) is 0 Å². The number of anilines is 1. The van der Waals surface area contributed by atoms with Gasteiger partial charge in [-0.05, 0) is 34.9 Å². The first-order valence-corrected chi connectivity index (χ1v) is 6.20. The Morgan fingerprint density at radius 3 is 2.76 bits per heavy atom. The van der Waals surface area contributed by atoms with E-state index >= 15 is 0 Å². The predicted octanol–water partition coefficient (Wildman–Crippen LogP) is 2.45. The highest BCUT2D eigenvalue weighted by atomic mass is 16.6. The third kappa shape index (κ3) is 2.50. The molecule has 0 aliphatic carbocycles. The minimum Gasteiger partial charge on any atom is -0.379 e. The Hall–Kier alpha value is -3.03. The molecule has 1 aromatic carbocycles. The van der Waals surface area contributed by atoms with Crippen LogP contribution in [0.2, 0.25) is 0 Å². The number of hydrogen-bond acceptors (Lipinski definition) is 7. The molecule has 8 heteroatoms. The van der Waals surface area contributed by atoms with Gasteiger partial charge in [-0.25, -0.2) is 4.63 Å². The zero-order valence-corrected chi connectivity index (χ0v) is 11.1. The van der Waals surface area contributed by atoms with Crippen LogP contribution in [-0.4, -0.2) is 20.2 Å². The van der Waals surface area contributed by atoms with E-state index in [4.69, 9.17) is 0 Å². The number of rotatable bonds is 4. The van der Waals surface area contributed by atoms with E-state index in [1.807, 2.05) is 19.1 Å². The summed E-state index contributed by atoms with van der Waals surface area (Å²) in [5, 5.41) is 21.4. The Morgan fingerprint density at radius 2 is 2.05 bits per heavy atom. The van der Waals surface area contributed by atoms with Crippen LogP contribution in [-0.2, 0) is 6.54 Å². The lowest BCUT2D eigenvalue weighted by Gasteiger charge is -2.06. The van der Waals surface area contributed by atoms with E-state index in [2.05, 4.69) is 25.2 Å². The summed E-state index contributed by atoms with van der Waals surface area (Å²) in [5.41, 5.74) is 2.89. The van der Waals surface area contributed by atoms with E-state index in [0.717, 1.165) is 11.3 Å². The van der Waals surface area contributed by atoms with Gasteiger partial charge >= 0.3 is 5.69 Å². The second-order valence-electron chi connectivity index (χ2n) is 4.51. The predicted molar refractivity (Wildman–Crippen MR) is 74.8 cm³/mol. The number of nitro benzene ring substituents is 1. The van der Waals surface area contributed by atoms with Gasteiger partial charge in [0.25, 0.3) is 0 Å². The number of hydrogen-bond donors (Lipinski definition) is 1. The molecule has 106 valence electrons. The van der Waals surface area contributed by atoms with Crippen molar-refractivity contribution in [3.05, 3.63) is 51.8 Å². The van der Waals surface area contributed by atoms with Gasteiger partial charge in [0.1, 0.15) is 0 Å². The molecule has 0 radical (unpaired) electrons. The summed E-state index contributed by atoms with van der Waals surface area (Å²) < 4.78 is 4.61. The van der Waals surface area contributed by atoms with Crippen LogP contribution in [0.3, 0.4) is 0 Å².